The van der Waals surface area contributed by atoms with E-state index in [1.807, 2.05) is 41.5 Å². The summed E-state index contributed by atoms with van der Waals surface area (Å²) in [6, 6.07) is 4.53. The summed E-state index contributed by atoms with van der Waals surface area (Å²) < 4.78 is 37.0. The molecule has 15 heteroatoms. The maximum Gasteiger partial charge on any atom is 0.323 e. The Morgan fingerprint density at radius 3 is 0.789 bits per heavy atom. The second kappa shape index (κ2) is 21.8. The SMILES string of the molecule is CCCCOc1cc2c(c([N+](=O)[O-])c1OCCCC)c1cc(OCCCC)c(OCCCC)c([N+](=O)[O-])c1c1cc(OCCCC)c(OCCCC)c([N+](=O)[O-])c21. The standard InChI is InChI=1S/C42H57N3O12/c1-7-13-19-52-31-25-28-34(37(43(46)47)40(31)55-22-16-10-4)29-26-32(53-20-14-8-2)42(57-24-18-12-6)39(45(50)51)36(29)30-27-33(54-21-15-9-3)41(56-23-17-11-5)38(35(28)30)44(48)49/h25-27H,7-24H2,1-6H3. The highest BCUT2D eigenvalue weighted by molar-refractivity contribution is 6.33. The molecule has 0 aromatic heterocycles. The van der Waals surface area contributed by atoms with E-state index in [0.29, 0.717) is 38.5 Å². The van der Waals surface area contributed by atoms with Gasteiger partial charge in [-0.05, 0) is 56.7 Å². The molecule has 0 aliphatic heterocycles. The Labute approximate surface area is 333 Å². The zero-order valence-electron chi connectivity index (χ0n) is 34.2. The van der Waals surface area contributed by atoms with Gasteiger partial charge < -0.3 is 28.4 Å². The van der Waals surface area contributed by atoms with E-state index >= 15 is 0 Å². The topological polar surface area (TPSA) is 185 Å². The van der Waals surface area contributed by atoms with Gasteiger partial charge in [0.1, 0.15) is 0 Å². The third kappa shape index (κ3) is 10.2. The lowest BCUT2D eigenvalue weighted by Crippen LogP contribution is -2.09. The number of unbranched alkanes of at least 4 members (excludes halogenated alkanes) is 6. The van der Waals surface area contributed by atoms with E-state index in [9.17, 15) is 30.3 Å². The number of hydrogen-bond donors (Lipinski definition) is 0. The number of hydrogen-bond acceptors (Lipinski definition) is 12. The van der Waals surface area contributed by atoms with E-state index in [0.717, 1.165) is 38.5 Å². The molecule has 57 heavy (non-hydrogen) atoms. The summed E-state index contributed by atoms with van der Waals surface area (Å²) in [5, 5.41) is 40.2. The van der Waals surface area contributed by atoms with Crippen LogP contribution in [0.2, 0.25) is 0 Å². The smallest absolute Gasteiger partial charge is 0.323 e. The molecular weight excluding hydrogens is 738 g/mol. The van der Waals surface area contributed by atoms with Gasteiger partial charge in [0.2, 0.25) is 17.2 Å². The van der Waals surface area contributed by atoms with Crippen molar-refractivity contribution in [3.63, 3.8) is 0 Å². The van der Waals surface area contributed by atoms with Crippen molar-refractivity contribution in [2.75, 3.05) is 39.6 Å². The number of nitrogens with zero attached hydrogens (tertiary/aromatic N) is 3. The van der Waals surface area contributed by atoms with Crippen LogP contribution in [-0.4, -0.2) is 54.4 Å². The largest absolute Gasteiger partial charge is 0.489 e. The minimum atomic E-state index is -0.622. The molecule has 0 saturated heterocycles. The maximum absolute atomic E-state index is 13.4. The van der Waals surface area contributed by atoms with Crippen LogP contribution in [0.4, 0.5) is 17.1 Å². The molecule has 0 heterocycles. The molecule has 0 atom stereocenters. The van der Waals surface area contributed by atoms with Crippen molar-refractivity contribution in [2.45, 2.75) is 119 Å². The third-order valence-electron chi connectivity index (χ3n) is 9.52. The van der Waals surface area contributed by atoms with Crippen LogP contribution in [0.3, 0.4) is 0 Å². The van der Waals surface area contributed by atoms with E-state index in [1.54, 1.807) is 0 Å². The summed E-state index contributed by atoms with van der Waals surface area (Å²) in [7, 11) is 0. The number of nitro benzene ring substituents is 3. The Bertz CT molecular complexity index is 1780. The van der Waals surface area contributed by atoms with Crippen molar-refractivity contribution in [2.24, 2.45) is 0 Å². The molecule has 312 valence electrons. The van der Waals surface area contributed by atoms with Crippen LogP contribution in [0.25, 0.3) is 32.3 Å². The van der Waals surface area contributed by atoms with Crippen LogP contribution in [0.15, 0.2) is 18.2 Å². The van der Waals surface area contributed by atoms with Gasteiger partial charge in [-0.2, -0.15) is 0 Å². The molecule has 15 nitrogen and oxygen atoms in total. The van der Waals surface area contributed by atoms with Gasteiger partial charge in [-0.15, -0.1) is 0 Å². The fourth-order valence-electron chi connectivity index (χ4n) is 6.49. The van der Waals surface area contributed by atoms with Crippen LogP contribution in [0, 0.1) is 30.3 Å². The molecule has 4 aromatic rings. The molecule has 4 aromatic carbocycles. The molecule has 0 N–H and O–H groups in total. The lowest BCUT2D eigenvalue weighted by molar-refractivity contribution is -0.384. The van der Waals surface area contributed by atoms with E-state index in [2.05, 4.69) is 0 Å². The Morgan fingerprint density at radius 1 is 0.386 bits per heavy atom. The number of benzene rings is 4. The Balaban J connectivity index is 2.44. The molecule has 0 amide bonds. The molecule has 4 rings (SSSR count). The average Bonchev–Trinajstić information content (AvgIpc) is 3.18. The number of fused-ring (bicyclic) bond motifs is 6. The fourth-order valence-corrected chi connectivity index (χ4v) is 6.49. The zero-order valence-corrected chi connectivity index (χ0v) is 34.2. The van der Waals surface area contributed by atoms with Crippen LogP contribution < -0.4 is 28.4 Å². The molecule has 0 unspecified atom stereocenters. The molecule has 0 fully saturated rings. The first kappa shape index (κ1) is 44.4. The monoisotopic (exact) mass is 795 g/mol. The van der Waals surface area contributed by atoms with E-state index in [1.165, 1.54) is 18.2 Å². The first-order valence-electron chi connectivity index (χ1n) is 20.4. The second-order valence-electron chi connectivity index (χ2n) is 13.9. The van der Waals surface area contributed by atoms with E-state index in [4.69, 9.17) is 28.4 Å². The molecule has 0 aliphatic carbocycles. The molecule has 0 radical (unpaired) electrons. The van der Waals surface area contributed by atoms with E-state index < -0.39 is 31.8 Å². The summed E-state index contributed by atoms with van der Waals surface area (Å²) in [6.07, 6.45) is 8.12. The minimum absolute atomic E-state index is 0.0267. The van der Waals surface area contributed by atoms with Crippen LogP contribution in [0.5, 0.6) is 34.5 Å². The first-order valence-corrected chi connectivity index (χ1v) is 20.4. The summed E-state index contributed by atoms with van der Waals surface area (Å²) in [5.41, 5.74) is -1.62. The quantitative estimate of drug-likeness (QED) is 0.0241. The fraction of sp³-hybridized carbons (Fsp3) is 0.571. The van der Waals surface area contributed by atoms with Crippen LogP contribution >= 0.6 is 0 Å². The summed E-state index contributed by atoms with van der Waals surface area (Å²) >= 11 is 0. The predicted molar refractivity (Wildman–Crippen MR) is 221 cm³/mol. The summed E-state index contributed by atoms with van der Waals surface area (Å²) in [5.74, 6) is -0.424. The third-order valence-corrected chi connectivity index (χ3v) is 9.52. The van der Waals surface area contributed by atoms with Crippen molar-refractivity contribution >= 4 is 49.4 Å². The van der Waals surface area contributed by atoms with Crippen molar-refractivity contribution < 1.29 is 43.2 Å². The Morgan fingerprint density at radius 2 is 0.596 bits per heavy atom. The summed E-state index contributed by atoms with van der Waals surface area (Å²) in [6.45, 7) is 12.7. The zero-order chi connectivity index (χ0) is 41.5. The van der Waals surface area contributed by atoms with Crippen LogP contribution in [-0.2, 0) is 0 Å². The van der Waals surface area contributed by atoms with Gasteiger partial charge in [-0.3, -0.25) is 30.3 Å². The van der Waals surface area contributed by atoms with Crippen LogP contribution in [0.1, 0.15) is 119 Å². The minimum Gasteiger partial charge on any atom is -0.489 e. The second-order valence-corrected chi connectivity index (χ2v) is 13.9. The normalized spacial score (nSPS) is 11.3. The highest BCUT2D eigenvalue weighted by Crippen LogP contribution is 2.57. The Hall–Kier alpha value is -5.34. The van der Waals surface area contributed by atoms with Crippen molar-refractivity contribution in [1.29, 1.82) is 0 Å². The van der Waals surface area contributed by atoms with Gasteiger partial charge >= 0.3 is 17.1 Å². The van der Waals surface area contributed by atoms with Gasteiger partial charge in [0.05, 0.1) is 70.6 Å². The molecule has 0 saturated carbocycles. The van der Waals surface area contributed by atoms with E-state index in [-0.39, 0.29) is 106 Å². The Kier molecular flexibility index (Phi) is 17.0. The molecular formula is C42H57N3O12. The average molecular weight is 796 g/mol. The number of ether oxygens (including phenoxy) is 6. The molecule has 0 bridgehead atoms. The highest BCUT2D eigenvalue weighted by Gasteiger charge is 2.38. The maximum atomic E-state index is 13.4. The van der Waals surface area contributed by atoms with Gasteiger partial charge in [-0.25, -0.2) is 0 Å². The highest BCUT2D eigenvalue weighted by atomic mass is 16.6. The lowest BCUT2D eigenvalue weighted by atomic mass is 9.90. The van der Waals surface area contributed by atoms with Crippen molar-refractivity contribution in [3.8, 4) is 34.5 Å². The van der Waals surface area contributed by atoms with Crippen molar-refractivity contribution in [3.05, 3.63) is 48.5 Å². The molecule has 0 aliphatic rings. The predicted octanol–water partition coefficient (Wildman–Crippen LogP) is 11.9. The van der Waals surface area contributed by atoms with Gasteiger partial charge in [0.25, 0.3) is 0 Å². The number of rotatable bonds is 27. The number of nitro groups is 3. The summed E-state index contributed by atoms with van der Waals surface area (Å²) in [4.78, 5) is 38.5. The first-order chi connectivity index (χ1) is 27.6. The van der Waals surface area contributed by atoms with Crippen molar-refractivity contribution in [1.82, 2.24) is 0 Å². The van der Waals surface area contributed by atoms with Gasteiger partial charge in [0.15, 0.2) is 17.2 Å². The lowest BCUT2D eigenvalue weighted by Gasteiger charge is -2.21. The van der Waals surface area contributed by atoms with Gasteiger partial charge in [-0.1, -0.05) is 80.1 Å². The molecule has 0 spiro atoms. The van der Waals surface area contributed by atoms with Gasteiger partial charge in [0, 0.05) is 16.2 Å².